The summed E-state index contributed by atoms with van der Waals surface area (Å²) >= 11 is 1.10. The van der Waals surface area contributed by atoms with E-state index in [1.165, 1.54) is 19.4 Å². The van der Waals surface area contributed by atoms with Gasteiger partial charge >= 0.3 is 17.8 Å². The first-order chi connectivity index (χ1) is 13.8. The molecule has 13 nitrogen and oxygen atoms in total. The van der Waals surface area contributed by atoms with E-state index in [1.54, 1.807) is 0 Å². The molecular formula is C15H17N5O8S. The van der Waals surface area contributed by atoms with Crippen LogP contribution in [0.1, 0.15) is 25.5 Å². The average molecular weight is 427 g/mol. The summed E-state index contributed by atoms with van der Waals surface area (Å²) in [4.78, 5) is 66.8. The molecule has 2 amide bonds. The molecule has 1 aromatic heterocycles. The van der Waals surface area contributed by atoms with Gasteiger partial charge in [0, 0.05) is 18.2 Å². The van der Waals surface area contributed by atoms with Gasteiger partial charge in [0.05, 0.1) is 0 Å². The van der Waals surface area contributed by atoms with E-state index in [4.69, 9.17) is 20.1 Å². The van der Waals surface area contributed by atoms with Crippen molar-refractivity contribution in [2.75, 3.05) is 12.8 Å². The number of ether oxygens (including phenoxy) is 1. The van der Waals surface area contributed by atoms with Gasteiger partial charge in [0.15, 0.2) is 10.8 Å². The maximum Gasteiger partial charge on any atom is 0.375 e. The number of oxime groups is 1. The molecule has 3 rings (SSSR count). The molecule has 2 aliphatic heterocycles. The molecule has 0 aromatic carbocycles. The Labute approximate surface area is 167 Å². The predicted molar refractivity (Wildman–Crippen MR) is 94.6 cm³/mol. The number of cyclic esters (lactones) is 1. The highest BCUT2D eigenvalue weighted by molar-refractivity contribution is 7.13. The van der Waals surface area contributed by atoms with Crippen molar-refractivity contribution in [3.63, 3.8) is 0 Å². The molecule has 29 heavy (non-hydrogen) atoms. The summed E-state index contributed by atoms with van der Waals surface area (Å²) in [6.07, 6.45) is -1.76. The third-order valence-electron chi connectivity index (χ3n) is 3.95. The van der Waals surface area contributed by atoms with Gasteiger partial charge in [0.25, 0.3) is 5.91 Å². The van der Waals surface area contributed by atoms with Crippen LogP contribution in [0, 0.1) is 0 Å². The summed E-state index contributed by atoms with van der Waals surface area (Å²) < 4.78 is 4.77. The second-order valence-electron chi connectivity index (χ2n) is 5.98. The fourth-order valence-corrected chi connectivity index (χ4v) is 3.11. The lowest BCUT2D eigenvalue weighted by molar-refractivity contribution is -0.317. The highest BCUT2D eigenvalue weighted by Gasteiger charge is 2.45. The van der Waals surface area contributed by atoms with Crippen LogP contribution < -0.4 is 11.1 Å². The van der Waals surface area contributed by atoms with E-state index in [-0.39, 0.29) is 29.4 Å². The van der Waals surface area contributed by atoms with Crippen molar-refractivity contribution in [2.24, 2.45) is 5.16 Å². The molecule has 2 aliphatic rings. The number of thiazole rings is 1. The van der Waals surface area contributed by atoms with Gasteiger partial charge in [-0.3, -0.25) is 14.4 Å². The number of carbonyl (C=O) groups is 4. The number of rotatable bonds is 6. The molecule has 3 N–H and O–H groups in total. The van der Waals surface area contributed by atoms with Gasteiger partial charge in [-0.15, -0.1) is 11.3 Å². The van der Waals surface area contributed by atoms with E-state index in [0.717, 1.165) is 11.3 Å². The van der Waals surface area contributed by atoms with Crippen LogP contribution in [0.15, 0.2) is 10.5 Å². The van der Waals surface area contributed by atoms with Crippen molar-refractivity contribution in [2.45, 2.75) is 38.0 Å². The quantitative estimate of drug-likeness (QED) is 0.322. The van der Waals surface area contributed by atoms with E-state index in [0.29, 0.717) is 5.23 Å². The zero-order valence-electron chi connectivity index (χ0n) is 15.3. The number of nitrogens with zero attached hydrogens (tertiary/aromatic N) is 3. The van der Waals surface area contributed by atoms with E-state index in [9.17, 15) is 19.2 Å². The van der Waals surface area contributed by atoms with Crippen molar-refractivity contribution in [3.8, 4) is 0 Å². The lowest BCUT2D eigenvalue weighted by atomic mass is 10.1. The second kappa shape index (κ2) is 8.40. The molecule has 3 heterocycles. The zero-order chi connectivity index (χ0) is 21.1. The normalized spacial score (nSPS) is 24.4. The number of nitrogens with two attached hydrogens (primary N) is 1. The smallest absolute Gasteiger partial charge is 0.375 e. The Hall–Kier alpha value is -3.26. The number of hydrogen-bond donors (Lipinski definition) is 2. The third kappa shape index (κ3) is 4.43. The topological polar surface area (TPSA) is 172 Å². The van der Waals surface area contributed by atoms with Crippen LogP contribution in [-0.2, 0) is 38.4 Å². The maximum absolute atomic E-state index is 12.6. The van der Waals surface area contributed by atoms with Crippen LogP contribution in [0.3, 0.4) is 0 Å². The Morgan fingerprint density at radius 3 is 2.79 bits per heavy atom. The number of esters is 1. The molecule has 1 unspecified atom stereocenters. The Bertz CT molecular complexity index is 871. The Balaban J connectivity index is 1.65. The van der Waals surface area contributed by atoms with Gasteiger partial charge in [-0.2, -0.15) is 0 Å². The fourth-order valence-electron chi connectivity index (χ4n) is 2.56. The SMILES string of the molecule is CON=C(C(=O)N[C@@H]1C(=O)N(OC(=O)C2CCC(=O)O2)O[C@@H]1C)c1csc(N)n1. The van der Waals surface area contributed by atoms with Crippen LogP contribution in [0.25, 0.3) is 0 Å². The first-order valence-electron chi connectivity index (χ1n) is 8.35. The van der Waals surface area contributed by atoms with Gasteiger partial charge in [0.2, 0.25) is 6.10 Å². The zero-order valence-corrected chi connectivity index (χ0v) is 16.1. The number of nitrogen functional groups attached to an aromatic ring is 1. The molecule has 3 atom stereocenters. The lowest BCUT2D eigenvalue weighted by Gasteiger charge is -2.15. The molecule has 0 saturated carbocycles. The van der Waals surface area contributed by atoms with Crippen LogP contribution in [0.2, 0.25) is 0 Å². The standard InChI is InChI=1S/C15H17N5O8S/c1-6-10(18-12(22)11(19-25-2)7-5-29-15(16)17-7)13(23)20(27-6)28-14(24)8-3-4-9(21)26-8/h5-6,8,10H,3-4H2,1-2H3,(H2,16,17)(H,18,22)/t6-,8?,10+/m1/s1. The average Bonchev–Trinajstić information content (AvgIpc) is 3.36. The Morgan fingerprint density at radius 2 is 2.21 bits per heavy atom. The molecule has 156 valence electrons. The summed E-state index contributed by atoms with van der Waals surface area (Å²) in [7, 11) is 1.24. The monoisotopic (exact) mass is 427 g/mol. The molecule has 0 radical (unpaired) electrons. The Morgan fingerprint density at radius 1 is 1.45 bits per heavy atom. The highest BCUT2D eigenvalue weighted by Crippen LogP contribution is 2.20. The molecule has 0 bridgehead atoms. The summed E-state index contributed by atoms with van der Waals surface area (Å²) in [6, 6.07) is -1.18. The molecule has 0 spiro atoms. The number of amides is 2. The number of aromatic nitrogens is 1. The largest absolute Gasteiger partial charge is 0.450 e. The molecule has 14 heteroatoms. The van der Waals surface area contributed by atoms with Crippen LogP contribution in [-0.4, -0.2) is 65.0 Å². The number of nitrogens with one attached hydrogen (secondary N) is 1. The number of carbonyl (C=O) groups excluding carboxylic acids is 4. The van der Waals surface area contributed by atoms with Gasteiger partial charge in [-0.25, -0.2) is 14.6 Å². The van der Waals surface area contributed by atoms with Gasteiger partial charge in [-0.05, 0) is 12.2 Å². The molecule has 2 saturated heterocycles. The minimum absolute atomic E-state index is 0.0758. The van der Waals surface area contributed by atoms with Gasteiger partial charge in [0.1, 0.15) is 24.9 Å². The van der Waals surface area contributed by atoms with E-state index in [1.807, 2.05) is 0 Å². The van der Waals surface area contributed by atoms with Crippen molar-refractivity contribution >= 4 is 45.9 Å². The molecular weight excluding hydrogens is 410 g/mol. The number of hydroxylamine groups is 2. The molecule has 1 aromatic rings. The summed E-state index contributed by atoms with van der Waals surface area (Å²) in [5, 5.41) is 8.13. The van der Waals surface area contributed by atoms with Crippen LogP contribution >= 0.6 is 11.3 Å². The molecule has 0 aliphatic carbocycles. The fraction of sp³-hybridized carbons (Fsp3) is 0.467. The predicted octanol–water partition coefficient (Wildman–Crippen LogP) is -1.11. The van der Waals surface area contributed by atoms with Crippen molar-refractivity contribution in [1.82, 2.24) is 15.5 Å². The second-order valence-corrected chi connectivity index (χ2v) is 6.87. The van der Waals surface area contributed by atoms with Crippen molar-refractivity contribution in [3.05, 3.63) is 11.1 Å². The van der Waals surface area contributed by atoms with Crippen LogP contribution in [0.5, 0.6) is 0 Å². The van der Waals surface area contributed by atoms with E-state index < -0.39 is 42.0 Å². The molecule has 2 fully saturated rings. The number of anilines is 1. The number of hydrogen-bond acceptors (Lipinski definition) is 12. The van der Waals surface area contributed by atoms with Crippen molar-refractivity contribution in [1.29, 1.82) is 0 Å². The lowest BCUT2D eigenvalue weighted by Crippen LogP contribution is -2.48. The Kier molecular flexibility index (Phi) is 5.93. The highest BCUT2D eigenvalue weighted by atomic mass is 32.1. The maximum atomic E-state index is 12.6. The minimum atomic E-state index is -1.18. The van der Waals surface area contributed by atoms with Crippen molar-refractivity contribution < 1.29 is 38.4 Å². The minimum Gasteiger partial charge on any atom is -0.450 e. The third-order valence-corrected chi connectivity index (χ3v) is 4.62. The summed E-state index contributed by atoms with van der Waals surface area (Å²) in [5.41, 5.74) is 5.53. The van der Waals surface area contributed by atoms with Crippen LogP contribution in [0.4, 0.5) is 5.13 Å². The van der Waals surface area contributed by atoms with Gasteiger partial charge in [-0.1, -0.05) is 5.16 Å². The van der Waals surface area contributed by atoms with E-state index in [2.05, 4.69) is 20.3 Å². The van der Waals surface area contributed by atoms with Gasteiger partial charge < -0.3 is 25.5 Å². The summed E-state index contributed by atoms with van der Waals surface area (Å²) in [5.74, 6) is -3.10. The first-order valence-corrected chi connectivity index (χ1v) is 9.23. The van der Waals surface area contributed by atoms with E-state index >= 15 is 0 Å². The summed E-state index contributed by atoms with van der Waals surface area (Å²) in [6.45, 7) is 1.49. The first kappa shape index (κ1) is 20.5.